The highest BCUT2D eigenvalue weighted by Gasteiger charge is 2.45. The number of hydrogen-bond acceptors (Lipinski definition) is 8. The molecule has 2 fully saturated rings. The van der Waals surface area contributed by atoms with Gasteiger partial charge in [0.05, 0.1) is 39.0 Å². The highest BCUT2D eigenvalue weighted by atomic mass is 16.5. The van der Waals surface area contributed by atoms with Gasteiger partial charge in [-0.1, -0.05) is 0 Å². The van der Waals surface area contributed by atoms with E-state index in [-0.39, 0.29) is 11.3 Å². The summed E-state index contributed by atoms with van der Waals surface area (Å²) in [7, 11) is 3.01. The number of likely N-dealkylation sites (tertiary alicyclic amines) is 1. The van der Waals surface area contributed by atoms with Gasteiger partial charge in [0.15, 0.2) is 11.5 Å². The third-order valence-electron chi connectivity index (χ3n) is 6.20. The number of ether oxygens (including phenoxy) is 3. The third kappa shape index (κ3) is 4.76. The van der Waals surface area contributed by atoms with E-state index in [2.05, 4.69) is 9.88 Å². The van der Waals surface area contributed by atoms with Gasteiger partial charge < -0.3 is 24.2 Å². The van der Waals surface area contributed by atoms with Crippen LogP contribution in [0.1, 0.15) is 23.6 Å². The van der Waals surface area contributed by atoms with E-state index in [1.54, 1.807) is 47.6 Å². The maximum Gasteiger partial charge on any atom is 0.295 e. The van der Waals surface area contributed by atoms with E-state index in [1.165, 1.54) is 14.2 Å². The highest BCUT2D eigenvalue weighted by molar-refractivity contribution is 6.46. The Bertz CT molecular complexity index is 1070. The molecule has 9 nitrogen and oxygen atoms in total. The molecular formula is C25H29N3O6. The fourth-order valence-electron chi connectivity index (χ4n) is 4.43. The van der Waals surface area contributed by atoms with Gasteiger partial charge in [0.1, 0.15) is 5.76 Å². The van der Waals surface area contributed by atoms with Crippen molar-refractivity contribution < 1.29 is 28.9 Å². The van der Waals surface area contributed by atoms with Gasteiger partial charge >= 0.3 is 0 Å². The van der Waals surface area contributed by atoms with Crippen molar-refractivity contribution in [2.45, 2.75) is 12.5 Å². The van der Waals surface area contributed by atoms with Gasteiger partial charge in [-0.05, 0) is 42.3 Å². The van der Waals surface area contributed by atoms with Crippen molar-refractivity contribution >= 4 is 17.4 Å². The average Bonchev–Trinajstić information content (AvgIpc) is 3.14. The first-order chi connectivity index (χ1) is 16.5. The zero-order valence-corrected chi connectivity index (χ0v) is 19.4. The predicted molar refractivity (Wildman–Crippen MR) is 125 cm³/mol. The van der Waals surface area contributed by atoms with Gasteiger partial charge in [0.25, 0.3) is 11.7 Å². The quantitative estimate of drug-likeness (QED) is 0.358. The minimum Gasteiger partial charge on any atom is -0.507 e. The van der Waals surface area contributed by atoms with Crippen LogP contribution in [0.4, 0.5) is 0 Å². The zero-order chi connectivity index (χ0) is 24.1. The standard InChI is InChI=1S/C25H29N3O6/c1-32-19-5-4-18(16-20(19)33-2)23(29)21-22(17-6-8-26-9-7-17)28(25(31)24(21)30)11-3-10-27-12-14-34-15-13-27/h4-9,16,22,29H,3,10-15H2,1-2H3/t22-/m0/s1. The van der Waals surface area contributed by atoms with Crippen LogP contribution in [-0.2, 0) is 14.3 Å². The Labute approximate surface area is 198 Å². The van der Waals surface area contributed by atoms with Crippen molar-refractivity contribution in [2.75, 3.05) is 53.6 Å². The van der Waals surface area contributed by atoms with E-state index >= 15 is 0 Å². The first-order valence-corrected chi connectivity index (χ1v) is 11.3. The first kappa shape index (κ1) is 23.7. The Kier molecular flexibility index (Phi) is 7.44. The maximum absolute atomic E-state index is 13.1. The first-order valence-electron chi connectivity index (χ1n) is 11.3. The summed E-state index contributed by atoms with van der Waals surface area (Å²) in [6.07, 6.45) is 3.92. The number of hydrogen-bond donors (Lipinski definition) is 1. The van der Waals surface area contributed by atoms with E-state index in [9.17, 15) is 14.7 Å². The molecule has 1 aromatic carbocycles. The fourth-order valence-corrected chi connectivity index (χ4v) is 4.43. The molecule has 1 aromatic heterocycles. The topological polar surface area (TPSA) is 101 Å². The lowest BCUT2D eigenvalue weighted by Gasteiger charge is -2.29. The molecule has 0 unspecified atom stereocenters. The Morgan fingerprint density at radius 3 is 2.44 bits per heavy atom. The lowest BCUT2D eigenvalue weighted by molar-refractivity contribution is -0.140. The Hall–Kier alpha value is -3.43. The molecule has 4 rings (SSSR count). The molecule has 3 heterocycles. The number of Topliss-reactive ketones (excluding diaryl/α,β-unsaturated/α-hetero) is 1. The summed E-state index contributed by atoms with van der Waals surface area (Å²) in [4.78, 5) is 34.1. The smallest absolute Gasteiger partial charge is 0.295 e. The number of amides is 1. The monoisotopic (exact) mass is 467 g/mol. The van der Waals surface area contributed by atoms with Crippen molar-refractivity contribution in [1.82, 2.24) is 14.8 Å². The summed E-state index contributed by atoms with van der Waals surface area (Å²) in [5.74, 6) is -0.678. The molecule has 34 heavy (non-hydrogen) atoms. The SMILES string of the molecule is COc1ccc(C(O)=C2C(=O)C(=O)N(CCCN3CCOCC3)[C@H]2c2ccncc2)cc1OC. The zero-order valence-electron chi connectivity index (χ0n) is 19.4. The summed E-state index contributed by atoms with van der Waals surface area (Å²) in [5, 5.41) is 11.2. The van der Waals surface area contributed by atoms with Crippen LogP contribution < -0.4 is 9.47 Å². The molecule has 0 spiro atoms. The number of morpholine rings is 1. The number of nitrogens with zero attached hydrogens (tertiary/aromatic N) is 3. The van der Waals surface area contributed by atoms with Crippen LogP contribution in [0.5, 0.6) is 11.5 Å². The number of methoxy groups -OCH3 is 2. The average molecular weight is 468 g/mol. The lowest BCUT2D eigenvalue weighted by Crippen LogP contribution is -2.38. The lowest BCUT2D eigenvalue weighted by atomic mass is 9.95. The minimum atomic E-state index is -0.708. The van der Waals surface area contributed by atoms with Crippen LogP contribution in [0.15, 0.2) is 48.3 Å². The summed E-state index contributed by atoms with van der Waals surface area (Å²) in [6, 6.07) is 7.67. The van der Waals surface area contributed by atoms with Crippen LogP contribution in [0.25, 0.3) is 5.76 Å². The van der Waals surface area contributed by atoms with Crippen molar-refractivity contribution in [3.05, 3.63) is 59.4 Å². The number of rotatable bonds is 8. The van der Waals surface area contributed by atoms with Crippen LogP contribution in [0.2, 0.25) is 0 Å². The van der Waals surface area contributed by atoms with E-state index in [1.807, 2.05) is 0 Å². The van der Waals surface area contributed by atoms with Gasteiger partial charge in [-0.15, -0.1) is 0 Å². The summed E-state index contributed by atoms with van der Waals surface area (Å²) >= 11 is 0. The normalized spacial score (nSPS) is 20.5. The molecule has 9 heteroatoms. The molecule has 0 saturated carbocycles. The minimum absolute atomic E-state index is 0.0507. The Morgan fingerprint density at radius 1 is 1.06 bits per heavy atom. The van der Waals surface area contributed by atoms with Crippen LogP contribution in [0, 0.1) is 0 Å². The van der Waals surface area contributed by atoms with Gasteiger partial charge in [-0.25, -0.2) is 0 Å². The number of aromatic nitrogens is 1. The number of benzene rings is 1. The van der Waals surface area contributed by atoms with Crippen molar-refractivity contribution in [2.24, 2.45) is 0 Å². The van der Waals surface area contributed by atoms with Crippen molar-refractivity contribution in [3.8, 4) is 11.5 Å². The van der Waals surface area contributed by atoms with E-state index in [0.29, 0.717) is 48.8 Å². The molecule has 0 aliphatic carbocycles. The largest absolute Gasteiger partial charge is 0.507 e. The van der Waals surface area contributed by atoms with Gasteiger partial charge in [0, 0.05) is 44.1 Å². The molecule has 180 valence electrons. The molecule has 1 N–H and O–H groups in total. The Morgan fingerprint density at radius 2 is 1.76 bits per heavy atom. The number of aliphatic hydroxyl groups is 1. The van der Waals surface area contributed by atoms with Crippen molar-refractivity contribution in [3.63, 3.8) is 0 Å². The second kappa shape index (κ2) is 10.7. The second-order valence-electron chi connectivity index (χ2n) is 8.15. The van der Waals surface area contributed by atoms with Gasteiger partial charge in [-0.2, -0.15) is 0 Å². The highest BCUT2D eigenvalue weighted by Crippen LogP contribution is 2.40. The second-order valence-corrected chi connectivity index (χ2v) is 8.15. The molecular weight excluding hydrogens is 438 g/mol. The van der Waals surface area contributed by atoms with Crippen LogP contribution in [0.3, 0.4) is 0 Å². The summed E-state index contributed by atoms with van der Waals surface area (Å²) < 4.78 is 16.0. The van der Waals surface area contributed by atoms with E-state index in [0.717, 1.165) is 19.6 Å². The molecule has 1 amide bonds. The molecule has 0 radical (unpaired) electrons. The van der Waals surface area contributed by atoms with Crippen molar-refractivity contribution in [1.29, 1.82) is 0 Å². The predicted octanol–water partition coefficient (Wildman–Crippen LogP) is 2.24. The third-order valence-corrected chi connectivity index (χ3v) is 6.20. The van der Waals surface area contributed by atoms with E-state index in [4.69, 9.17) is 14.2 Å². The maximum atomic E-state index is 13.1. The molecule has 2 saturated heterocycles. The van der Waals surface area contributed by atoms with Gasteiger partial charge in [0.2, 0.25) is 0 Å². The number of aliphatic hydroxyl groups excluding tert-OH is 1. The molecule has 2 aliphatic heterocycles. The summed E-state index contributed by atoms with van der Waals surface area (Å²) in [5.41, 5.74) is 1.13. The number of ketones is 1. The molecule has 2 aromatic rings. The number of carbonyl (C=O) groups excluding carboxylic acids is 2. The fraction of sp³-hybridized carbons (Fsp3) is 0.400. The summed E-state index contributed by atoms with van der Waals surface area (Å²) in [6.45, 7) is 4.29. The molecule has 2 aliphatic rings. The van der Waals surface area contributed by atoms with Gasteiger partial charge in [-0.3, -0.25) is 19.5 Å². The number of carbonyl (C=O) groups is 2. The van der Waals surface area contributed by atoms with Crippen LogP contribution in [-0.4, -0.2) is 85.2 Å². The molecule has 0 bridgehead atoms. The van der Waals surface area contributed by atoms with Crippen LogP contribution >= 0.6 is 0 Å². The Balaban J connectivity index is 1.67. The van der Waals surface area contributed by atoms with E-state index < -0.39 is 17.7 Å². The number of pyridine rings is 1. The molecule has 1 atom stereocenters.